The van der Waals surface area contributed by atoms with E-state index in [1.165, 1.54) is 5.39 Å². The van der Waals surface area contributed by atoms with Crippen molar-refractivity contribution >= 4 is 26.8 Å². The van der Waals surface area contributed by atoms with Crippen molar-refractivity contribution in [2.45, 2.75) is 6.54 Å². The van der Waals surface area contributed by atoms with Crippen molar-refractivity contribution in [3.63, 3.8) is 0 Å². The van der Waals surface area contributed by atoms with E-state index in [0.717, 1.165) is 26.9 Å². The van der Waals surface area contributed by atoms with Crippen LogP contribution in [0.4, 0.5) is 0 Å². The fraction of sp³-hybridized carbons (Fsp3) is 0.154. The molecular formula is C13H13BrN4. The topological polar surface area (TPSA) is 59.6 Å². The molecule has 0 radical (unpaired) electrons. The Kier molecular flexibility index (Phi) is 2.72. The van der Waals surface area contributed by atoms with Crippen LogP contribution in [0.5, 0.6) is 0 Å². The Balaban J connectivity index is 2.27. The minimum atomic E-state index is 0.465. The molecule has 92 valence electrons. The maximum atomic E-state index is 5.73. The van der Waals surface area contributed by atoms with Crippen LogP contribution < -0.4 is 5.73 Å². The van der Waals surface area contributed by atoms with Crippen LogP contribution in [0.25, 0.3) is 22.2 Å². The van der Waals surface area contributed by atoms with Gasteiger partial charge in [-0.3, -0.25) is 4.68 Å². The normalized spacial score (nSPS) is 11.3. The van der Waals surface area contributed by atoms with Gasteiger partial charge in [0.2, 0.25) is 0 Å². The van der Waals surface area contributed by atoms with Gasteiger partial charge in [-0.2, -0.15) is 5.10 Å². The average Bonchev–Trinajstić information content (AvgIpc) is 2.91. The second-order valence-corrected chi connectivity index (χ2v) is 4.98. The summed E-state index contributed by atoms with van der Waals surface area (Å²) in [5.74, 6) is 0. The molecule has 0 fully saturated rings. The lowest BCUT2D eigenvalue weighted by atomic mass is 10.1. The number of hydrogen-bond acceptors (Lipinski definition) is 2. The predicted molar refractivity (Wildman–Crippen MR) is 76.1 cm³/mol. The highest BCUT2D eigenvalue weighted by Gasteiger charge is 2.16. The second-order valence-electron chi connectivity index (χ2n) is 4.18. The zero-order valence-corrected chi connectivity index (χ0v) is 11.5. The lowest BCUT2D eigenvalue weighted by molar-refractivity contribution is 0.713. The number of nitrogens with one attached hydrogen (secondary N) is 1. The molecule has 18 heavy (non-hydrogen) atoms. The molecule has 2 aromatic heterocycles. The molecule has 0 aliphatic rings. The first kappa shape index (κ1) is 11.5. The molecule has 4 nitrogen and oxygen atoms in total. The minimum absolute atomic E-state index is 0.465. The molecule has 3 N–H and O–H groups in total. The second kappa shape index (κ2) is 4.26. The largest absolute Gasteiger partial charge is 0.360 e. The van der Waals surface area contributed by atoms with Gasteiger partial charge in [0.05, 0.1) is 10.2 Å². The van der Waals surface area contributed by atoms with Gasteiger partial charge in [0.1, 0.15) is 5.69 Å². The zero-order valence-electron chi connectivity index (χ0n) is 9.94. The highest BCUT2D eigenvalue weighted by molar-refractivity contribution is 9.10. The molecule has 2 heterocycles. The zero-order chi connectivity index (χ0) is 12.7. The Hall–Kier alpha value is -1.59. The lowest BCUT2D eigenvalue weighted by Crippen LogP contribution is -2.04. The van der Waals surface area contributed by atoms with Gasteiger partial charge in [0.15, 0.2) is 0 Å². The van der Waals surface area contributed by atoms with Gasteiger partial charge in [-0.1, -0.05) is 18.2 Å². The van der Waals surface area contributed by atoms with Gasteiger partial charge in [0, 0.05) is 36.3 Å². The Labute approximate surface area is 113 Å². The van der Waals surface area contributed by atoms with Crippen LogP contribution in [0.3, 0.4) is 0 Å². The number of benzene rings is 1. The summed E-state index contributed by atoms with van der Waals surface area (Å²) in [5, 5.41) is 5.71. The van der Waals surface area contributed by atoms with Crippen molar-refractivity contribution in [3.8, 4) is 11.3 Å². The molecule has 0 amide bonds. The van der Waals surface area contributed by atoms with Crippen molar-refractivity contribution in [2.75, 3.05) is 0 Å². The molecule has 0 saturated carbocycles. The summed E-state index contributed by atoms with van der Waals surface area (Å²) in [4.78, 5) is 3.26. The van der Waals surface area contributed by atoms with Crippen LogP contribution in [0, 0.1) is 0 Å². The highest BCUT2D eigenvalue weighted by atomic mass is 79.9. The highest BCUT2D eigenvalue weighted by Crippen LogP contribution is 2.34. The smallest absolute Gasteiger partial charge is 0.109 e. The molecular weight excluding hydrogens is 292 g/mol. The molecule has 0 aliphatic heterocycles. The summed E-state index contributed by atoms with van der Waals surface area (Å²) in [6.45, 7) is 0.465. The molecule has 5 heteroatoms. The van der Waals surface area contributed by atoms with Crippen molar-refractivity contribution in [1.29, 1.82) is 0 Å². The number of rotatable bonds is 2. The number of aryl methyl sites for hydroxylation is 1. The number of hydrogen-bond donors (Lipinski definition) is 2. The van der Waals surface area contributed by atoms with Gasteiger partial charge in [-0.05, 0) is 22.0 Å². The third kappa shape index (κ3) is 1.59. The summed E-state index contributed by atoms with van der Waals surface area (Å²) in [7, 11) is 1.91. The molecule has 1 aromatic carbocycles. The first-order valence-corrected chi connectivity index (χ1v) is 6.49. The van der Waals surface area contributed by atoms with E-state index in [0.29, 0.717) is 6.54 Å². The maximum absolute atomic E-state index is 5.73. The Morgan fingerprint density at radius 1 is 1.39 bits per heavy atom. The third-order valence-electron chi connectivity index (χ3n) is 3.14. The van der Waals surface area contributed by atoms with E-state index in [-0.39, 0.29) is 0 Å². The summed E-state index contributed by atoms with van der Waals surface area (Å²) in [6.07, 6.45) is 1.98. The van der Waals surface area contributed by atoms with E-state index >= 15 is 0 Å². The molecule has 0 aliphatic carbocycles. The van der Waals surface area contributed by atoms with E-state index in [1.54, 1.807) is 0 Å². The SMILES string of the molecule is Cn1nc(-c2c[nH]c3ccccc23)c(Br)c1CN. The van der Waals surface area contributed by atoms with Crippen LogP contribution in [-0.2, 0) is 13.6 Å². The van der Waals surface area contributed by atoms with E-state index < -0.39 is 0 Å². The molecule has 0 saturated heterocycles. The molecule has 0 bridgehead atoms. The van der Waals surface area contributed by atoms with Gasteiger partial charge in [0.25, 0.3) is 0 Å². The number of nitrogens with zero attached hydrogens (tertiary/aromatic N) is 2. The van der Waals surface area contributed by atoms with Gasteiger partial charge in [-0.15, -0.1) is 0 Å². The summed E-state index contributed by atoms with van der Waals surface area (Å²) >= 11 is 3.59. The quantitative estimate of drug-likeness (QED) is 0.765. The Bertz CT molecular complexity index is 711. The van der Waals surface area contributed by atoms with E-state index in [1.807, 2.05) is 30.1 Å². The summed E-state index contributed by atoms with van der Waals surface area (Å²) in [6, 6.07) is 8.19. The monoisotopic (exact) mass is 304 g/mol. The van der Waals surface area contributed by atoms with E-state index in [4.69, 9.17) is 5.73 Å². The maximum Gasteiger partial charge on any atom is 0.109 e. The lowest BCUT2D eigenvalue weighted by Gasteiger charge is -1.96. The Morgan fingerprint density at radius 2 is 2.17 bits per heavy atom. The van der Waals surface area contributed by atoms with Crippen LogP contribution in [0.15, 0.2) is 34.9 Å². The Morgan fingerprint density at radius 3 is 2.89 bits per heavy atom. The number of fused-ring (bicyclic) bond motifs is 1. The first-order valence-electron chi connectivity index (χ1n) is 5.70. The molecule has 3 rings (SSSR count). The number of halogens is 1. The van der Waals surface area contributed by atoms with Crippen LogP contribution in [-0.4, -0.2) is 14.8 Å². The molecule has 3 aromatic rings. The van der Waals surface area contributed by atoms with Gasteiger partial charge in [-0.25, -0.2) is 0 Å². The van der Waals surface area contributed by atoms with Crippen molar-refractivity contribution < 1.29 is 0 Å². The fourth-order valence-corrected chi connectivity index (χ4v) is 2.91. The number of aromatic nitrogens is 3. The minimum Gasteiger partial charge on any atom is -0.360 e. The fourth-order valence-electron chi connectivity index (χ4n) is 2.19. The number of nitrogens with two attached hydrogens (primary N) is 1. The summed E-state index contributed by atoms with van der Waals surface area (Å²) in [5.41, 5.74) is 9.86. The first-order chi connectivity index (χ1) is 8.72. The van der Waals surface area contributed by atoms with Crippen LogP contribution in [0.1, 0.15) is 5.69 Å². The third-order valence-corrected chi connectivity index (χ3v) is 3.97. The number of H-pyrrole nitrogens is 1. The van der Waals surface area contributed by atoms with Crippen molar-refractivity contribution in [3.05, 3.63) is 40.6 Å². The van der Waals surface area contributed by atoms with E-state index in [2.05, 4.69) is 38.1 Å². The average molecular weight is 305 g/mol. The molecule has 0 spiro atoms. The number of para-hydroxylation sites is 1. The standard InChI is InChI=1S/C13H13BrN4/c1-18-11(6-15)12(14)13(17-18)9-7-16-10-5-3-2-4-8(9)10/h2-5,7,16H,6,15H2,1H3. The van der Waals surface area contributed by atoms with Crippen LogP contribution >= 0.6 is 15.9 Å². The molecule has 0 atom stereocenters. The van der Waals surface area contributed by atoms with E-state index in [9.17, 15) is 0 Å². The van der Waals surface area contributed by atoms with Crippen molar-refractivity contribution in [1.82, 2.24) is 14.8 Å². The summed E-state index contributed by atoms with van der Waals surface area (Å²) < 4.78 is 2.79. The predicted octanol–water partition coefficient (Wildman–Crippen LogP) is 2.79. The van der Waals surface area contributed by atoms with Crippen LogP contribution in [0.2, 0.25) is 0 Å². The number of aromatic amines is 1. The van der Waals surface area contributed by atoms with Crippen molar-refractivity contribution in [2.24, 2.45) is 12.8 Å². The molecule has 0 unspecified atom stereocenters. The van der Waals surface area contributed by atoms with Gasteiger partial charge >= 0.3 is 0 Å². The van der Waals surface area contributed by atoms with Gasteiger partial charge < -0.3 is 10.7 Å².